The molecule has 2 aliphatic heterocycles. The Morgan fingerprint density at radius 3 is 3.10 bits per heavy atom. The van der Waals surface area contributed by atoms with Gasteiger partial charge in [-0.05, 0) is 34.8 Å². The Hall–Kier alpha value is -1.97. The summed E-state index contributed by atoms with van der Waals surface area (Å²) in [5.74, 6) is -0.0911. The van der Waals surface area contributed by atoms with Crippen molar-refractivity contribution in [1.29, 1.82) is 0 Å². The molecule has 8 nitrogen and oxygen atoms in total. The molecule has 0 aromatic carbocycles. The molecule has 2 aromatic heterocycles. The summed E-state index contributed by atoms with van der Waals surface area (Å²) < 4.78 is 14.3. The van der Waals surface area contributed by atoms with Gasteiger partial charge in [-0.15, -0.1) is 0 Å². The lowest BCUT2D eigenvalue weighted by Gasteiger charge is -2.25. The normalized spacial score (nSPS) is 28.0. The lowest BCUT2D eigenvalue weighted by atomic mass is 10.0. The van der Waals surface area contributed by atoms with E-state index in [-0.39, 0.29) is 24.3 Å². The Bertz CT molecular complexity index is 743. The maximum Gasteiger partial charge on any atom is 0.221 e. The molecule has 3 atom stereocenters. The molecule has 21 heavy (non-hydrogen) atoms. The maximum absolute atomic E-state index is 11.9. The molecule has 0 spiro atoms. The van der Waals surface area contributed by atoms with Crippen LogP contribution in [0.1, 0.15) is 12.5 Å². The molecule has 0 amide bonds. The smallest absolute Gasteiger partial charge is 0.221 e. The fourth-order valence-electron chi connectivity index (χ4n) is 2.57. The van der Waals surface area contributed by atoms with E-state index in [0.717, 1.165) is 5.69 Å². The van der Waals surface area contributed by atoms with Gasteiger partial charge in [0, 0.05) is 12.6 Å². The van der Waals surface area contributed by atoms with Gasteiger partial charge < -0.3 is 9.47 Å². The maximum atomic E-state index is 11.9. The van der Waals surface area contributed by atoms with Crippen molar-refractivity contribution in [3.05, 3.63) is 29.3 Å². The van der Waals surface area contributed by atoms with E-state index >= 15 is 0 Å². The molecule has 0 unspecified atom stereocenters. The SMILES string of the molecule is O=C1C[C@H](n2nnn(-c3cccnc3)c2=S)[C@@H]2CO[C@H]1O2. The third-order valence-corrected chi connectivity index (χ3v) is 3.98. The minimum atomic E-state index is -0.728. The fourth-order valence-corrected chi connectivity index (χ4v) is 2.89. The number of carbonyl (C=O) groups excluding carboxylic acids is 1. The second kappa shape index (κ2) is 4.79. The topological polar surface area (TPSA) is 84.1 Å². The van der Waals surface area contributed by atoms with Crippen molar-refractivity contribution in [2.75, 3.05) is 6.61 Å². The number of ether oxygens (including phenoxy) is 2. The standard InChI is InChI=1S/C12H11N5O3S/c18-9-4-8(10-6-19-11(9)20-10)17-12(21)16(14-15-17)7-2-1-3-13-5-7/h1-3,5,8,10-11H,4,6H2/t8-,10-,11-/m0/s1. The van der Waals surface area contributed by atoms with Crippen LogP contribution in [-0.4, -0.2) is 49.6 Å². The number of fused-ring (bicyclic) bond motifs is 2. The zero-order valence-corrected chi connectivity index (χ0v) is 11.6. The minimum Gasteiger partial charge on any atom is -0.343 e. The summed E-state index contributed by atoms with van der Waals surface area (Å²) in [6, 6.07) is 3.34. The zero-order chi connectivity index (χ0) is 14.4. The molecule has 4 heterocycles. The monoisotopic (exact) mass is 305 g/mol. The average Bonchev–Trinajstić information content (AvgIpc) is 3.10. The zero-order valence-electron chi connectivity index (χ0n) is 10.8. The second-order valence-electron chi connectivity index (χ2n) is 4.91. The molecule has 9 heteroatoms. The summed E-state index contributed by atoms with van der Waals surface area (Å²) in [6.45, 7) is 0.364. The van der Waals surface area contributed by atoms with Crippen molar-refractivity contribution < 1.29 is 14.3 Å². The number of hydrogen-bond acceptors (Lipinski definition) is 7. The fraction of sp³-hybridized carbons (Fsp3) is 0.417. The average molecular weight is 305 g/mol. The molecule has 108 valence electrons. The number of tetrazole rings is 1. The van der Waals surface area contributed by atoms with Crippen LogP contribution in [0.4, 0.5) is 0 Å². The van der Waals surface area contributed by atoms with Gasteiger partial charge in [0.1, 0.15) is 6.10 Å². The summed E-state index contributed by atoms with van der Waals surface area (Å²) >= 11 is 5.41. The Balaban J connectivity index is 1.72. The summed E-state index contributed by atoms with van der Waals surface area (Å²) in [4.78, 5) is 15.9. The van der Waals surface area contributed by atoms with E-state index in [1.165, 1.54) is 4.68 Å². The van der Waals surface area contributed by atoms with Gasteiger partial charge in [0.2, 0.25) is 11.1 Å². The van der Waals surface area contributed by atoms with Gasteiger partial charge in [-0.2, -0.15) is 4.68 Å². The Kier molecular flexibility index (Phi) is 2.91. The number of carbonyl (C=O) groups is 1. The minimum absolute atomic E-state index is 0.0911. The molecule has 0 radical (unpaired) electrons. The molecule has 0 N–H and O–H groups in total. The Morgan fingerprint density at radius 2 is 2.29 bits per heavy atom. The summed E-state index contributed by atoms with van der Waals surface area (Å²) in [6.07, 6.45) is 2.65. The highest BCUT2D eigenvalue weighted by Crippen LogP contribution is 2.32. The number of nitrogens with zero attached hydrogens (tertiary/aromatic N) is 5. The first-order valence-corrected chi connectivity index (χ1v) is 6.89. The third kappa shape index (κ3) is 2.01. The van der Waals surface area contributed by atoms with Crippen molar-refractivity contribution in [3.8, 4) is 5.69 Å². The van der Waals surface area contributed by atoms with Gasteiger partial charge in [-0.25, -0.2) is 4.68 Å². The first-order chi connectivity index (χ1) is 10.2. The lowest BCUT2D eigenvalue weighted by Crippen LogP contribution is -2.37. The number of aromatic nitrogens is 5. The number of ketones is 1. The second-order valence-corrected chi connectivity index (χ2v) is 5.27. The van der Waals surface area contributed by atoms with Crippen LogP contribution in [-0.2, 0) is 14.3 Å². The molecular weight excluding hydrogens is 294 g/mol. The number of Topliss-reactive ketones (excluding diaryl/α,β-unsaturated/α-hetero) is 1. The molecule has 2 bridgehead atoms. The molecule has 2 fully saturated rings. The Morgan fingerprint density at radius 1 is 1.38 bits per heavy atom. The molecular formula is C12H11N5O3S. The summed E-state index contributed by atoms with van der Waals surface area (Å²) in [5.41, 5.74) is 0.720. The first-order valence-electron chi connectivity index (χ1n) is 6.49. The van der Waals surface area contributed by atoms with E-state index in [2.05, 4.69) is 15.4 Å². The van der Waals surface area contributed by atoms with Gasteiger partial charge in [-0.1, -0.05) is 0 Å². The molecule has 2 aliphatic rings. The van der Waals surface area contributed by atoms with Gasteiger partial charge in [0.05, 0.1) is 24.5 Å². The van der Waals surface area contributed by atoms with Crippen LogP contribution in [0, 0.1) is 4.77 Å². The molecule has 0 saturated carbocycles. The van der Waals surface area contributed by atoms with Crippen LogP contribution >= 0.6 is 12.2 Å². The number of hydrogen-bond donors (Lipinski definition) is 0. The molecule has 0 aliphatic carbocycles. The van der Waals surface area contributed by atoms with E-state index in [1.54, 1.807) is 23.1 Å². The summed E-state index contributed by atoms with van der Waals surface area (Å²) in [5, 5.41) is 8.12. The van der Waals surface area contributed by atoms with E-state index < -0.39 is 6.29 Å². The van der Waals surface area contributed by atoms with Crippen molar-refractivity contribution in [2.45, 2.75) is 24.9 Å². The van der Waals surface area contributed by atoms with Gasteiger partial charge in [0.25, 0.3) is 0 Å². The first kappa shape index (κ1) is 12.7. The predicted octanol–water partition coefficient (Wildman–Crippen LogP) is 0.449. The van der Waals surface area contributed by atoms with Crippen molar-refractivity contribution >= 4 is 18.0 Å². The highest BCUT2D eigenvalue weighted by molar-refractivity contribution is 7.71. The van der Waals surface area contributed by atoms with E-state index in [0.29, 0.717) is 11.4 Å². The molecule has 2 aromatic rings. The molecule has 2 saturated heterocycles. The van der Waals surface area contributed by atoms with Crippen LogP contribution in [0.15, 0.2) is 24.5 Å². The van der Waals surface area contributed by atoms with Gasteiger partial charge in [-0.3, -0.25) is 9.78 Å². The van der Waals surface area contributed by atoms with Crippen LogP contribution in [0.5, 0.6) is 0 Å². The van der Waals surface area contributed by atoms with Crippen LogP contribution < -0.4 is 0 Å². The van der Waals surface area contributed by atoms with Gasteiger partial charge in [0.15, 0.2) is 5.78 Å². The van der Waals surface area contributed by atoms with Crippen LogP contribution in [0.3, 0.4) is 0 Å². The van der Waals surface area contributed by atoms with E-state index in [4.69, 9.17) is 21.7 Å². The Labute approximate surface area is 124 Å². The molecule has 4 rings (SSSR count). The van der Waals surface area contributed by atoms with E-state index in [9.17, 15) is 4.79 Å². The van der Waals surface area contributed by atoms with Crippen molar-refractivity contribution in [2.24, 2.45) is 0 Å². The quantitative estimate of drug-likeness (QED) is 0.745. The van der Waals surface area contributed by atoms with Crippen molar-refractivity contribution in [1.82, 2.24) is 24.8 Å². The lowest BCUT2D eigenvalue weighted by molar-refractivity contribution is -0.156. The van der Waals surface area contributed by atoms with Gasteiger partial charge >= 0.3 is 0 Å². The van der Waals surface area contributed by atoms with Crippen LogP contribution in [0.2, 0.25) is 0 Å². The number of rotatable bonds is 2. The highest BCUT2D eigenvalue weighted by atomic mass is 32.1. The van der Waals surface area contributed by atoms with Crippen molar-refractivity contribution in [3.63, 3.8) is 0 Å². The highest BCUT2D eigenvalue weighted by Gasteiger charge is 2.45. The summed E-state index contributed by atoms with van der Waals surface area (Å²) in [7, 11) is 0. The van der Waals surface area contributed by atoms with E-state index in [1.807, 2.05) is 6.07 Å². The predicted molar refractivity (Wildman–Crippen MR) is 71.3 cm³/mol. The largest absolute Gasteiger partial charge is 0.343 e. The third-order valence-electron chi connectivity index (χ3n) is 3.62. The van der Waals surface area contributed by atoms with Crippen LogP contribution in [0.25, 0.3) is 5.69 Å². The number of pyridine rings is 1.